The zero-order valence-corrected chi connectivity index (χ0v) is 9.41. The van der Waals surface area contributed by atoms with Crippen LogP contribution in [0.15, 0.2) is 30.2 Å². The van der Waals surface area contributed by atoms with E-state index in [1.54, 1.807) is 6.26 Å². The summed E-state index contributed by atoms with van der Waals surface area (Å²) in [7, 11) is 0. The number of fused-ring (bicyclic) bond motifs is 1. The molecule has 0 spiro atoms. The third kappa shape index (κ3) is 1.99. The van der Waals surface area contributed by atoms with Crippen LogP contribution in [0.3, 0.4) is 0 Å². The second-order valence-electron chi connectivity index (χ2n) is 4.02. The van der Waals surface area contributed by atoms with E-state index in [1.807, 2.05) is 13.0 Å². The molecule has 1 aromatic rings. The fraction of sp³-hybridized carbons (Fsp3) is 0.385. The van der Waals surface area contributed by atoms with E-state index in [9.17, 15) is 0 Å². The van der Waals surface area contributed by atoms with Gasteiger partial charge in [-0.25, -0.2) is 0 Å². The van der Waals surface area contributed by atoms with Crippen molar-refractivity contribution in [3.63, 3.8) is 0 Å². The topological polar surface area (TPSA) is 18.5 Å². The first-order chi connectivity index (χ1) is 7.20. The van der Waals surface area contributed by atoms with Gasteiger partial charge in [0.1, 0.15) is 12.0 Å². The second kappa shape index (κ2) is 3.97. The molecule has 15 heavy (non-hydrogen) atoms. The molecular formula is C13H16O2. The van der Waals surface area contributed by atoms with Gasteiger partial charge < -0.3 is 9.47 Å². The molecule has 1 heterocycles. The monoisotopic (exact) mass is 204 g/mol. The highest BCUT2D eigenvalue weighted by atomic mass is 16.6. The molecule has 0 aliphatic carbocycles. The van der Waals surface area contributed by atoms with Crippen LogP contribution in [0, 0.1) is 0 Å². The molecule has 0 saturated carbocycles. The third-order valence-electron chi connectivity index (χ3n) is 2.54. The Morgan fingerprint density at radius 3 is 2.67 bits per heavy atom. The molecule has 0 aromatic heterocycles. The minimum atomic E-state index is 0.509. The lowest BCUT2D eigenvalue weighted by molar-refractivity contribution is 0.316. The molecule has 0 saturated heterocycles. The van der Waals surface area contributed by atoms with Gasteiger partial charge in [0.2, 0.25) is 0 Å². The van der Waals surface area contributed by atoms with Gasteiger partial charge in [-0.05, 0) is 23.6 Å². The van der Waals surface area contributed by atoms with Crippen LogP contribution in [0.1, 0.15) is 38.7 Å². The lowest BCUT2D eigenvalue weighted by atomic mass is 10.0. The summed E-state index contributed by atoms with van der Waals surface area (Å²) in [4.78, 5) is 0. The first-order valence-electron chi connectivity index (χ1n) is 5.38. The highest BCUT2D eigenvalue weighted by Crippen LogP contribution is 2.35. The molecule has 80 valence electrons. The van der Waals surface area contributed by atoms with Crippen molar-refractivity contribution < 1.29 is 9.47 Å². The lowest BCUT2D eigenvalue weighted by Gasteiger charge is -2.18. The summed E-state index contributed by atoms with van der Waals surface area (Å²) in [6.07, 6.45) is 2.53. The zero-order chi connectivity index (χ0) is 10.8. The number of allylic oxidation sites excluding steroid dienone is 1. The Bertz CT molecular complexity index is 392. The summed E-state index contributed by atoms with van der Waals surface area (Å²) in [5.74, 6) is 3.02. The molecule has 0 atom stereocenters. The van der Waals surface area contributed by atoms with E-state index in [4.69, 9.17) is 9.47 Å². The van der Waals surface area contributed by atoms with E-state index in [2.05, 4.69) is 26.0 Å². The number of hydrogen-bond acceptors (Lipinski definition) is 2. The summed E-state index contributed by atoms with van der Waals surface area (Å²) in [5, 5.41) is 0. The number of ether oxygens (including phenoxy) is 2. The molecule has 0 bridgehead atoms. The SMILES string of the molecule is CCC1=COc2ccc(C(C)C)cc2O1. The van der Waals surface area contributed by atoms with E-state index in [0.29, 0.717) is 5.92 Å². The quantitative estimate of drug-likeness (QED) is 0.728. The highest BCUT2D eigenvalue weighted by Gasteiger charge is 2.14. The fourth-order valence-corrected chi connectivity index (χ4v) is 1.51. The summed E-state index contributed by atoms with van der Waals surface area (Å²) < 4.78 is 11.2. The highest BCUT2D eigenvalue weighted by molar-refractivity contribution is 5.46. The van der Waals surface area contributed by atoms with E-state index >= 15 is 0 Å². The van der Waals surface area contributed by atoms with Crippen LogP contribution >= 0.6 is 0 Å². The van der Waals surface area contributed by atoms with Crippen molar-refractivity contribution in [1.29, 1.82) is 0 Å². The molecule has 2 rings (SSSR count). The number of benzene rings is 1. The van der Waals surface area contributed by atoms with Crippen LogP contribution < -0.4 is 9.47 Å². The predicted molar refractivity (Wildman–Crippen MR) is 60.2 cm³/mol. The maximum atomic E-state index is 5.71. The largest absolute Gasteiger partial charge is 0.458 e. The van der Waals surface area contributed by atoms with Crippen LogP contribution in [0.2, 0.25) is 0 Å². The molecule has 0 unspecified atom stereocenters. The van der Waals surface area contributed by atoms with E-state index < -0.39 is 0 Å². The van der Waals surface area contributed by atoms with Gasteiger partial charge in [-0.15, -0.1) is 0 Å². The van der Waals surface area contributed by atoms with E-state index in [0.717, 1.165) is 23.7 Å². The minimum Gasteiger partial charge on any atom is -0.458 e. The maximum Gasteiger partial charge on any atom is 0.169 e. The Hall–Kier alpha value is -1.44. The molecular weight excluding hydrogens is 188 g/mol. The van der Waals surface area contributed by atoms with Crippen molar-refractivity contribution in [1.82, 2.24) is 0 Å². The Morgan fingerprint density at radius 1 is 1.20 bits per heavy atom. The molecule has 1 aliphatic rings. The lowest BCUT2D eigenvalue weighted by Crippen LogP contribution is -2.04. The van der Waals surface area contributed by atoms with Gasteiger partial charge in [-0.2, -0.15) is 0 Å². The average molecular weight is 204 g/mol. The Balaban J connectivity index is 2.31. The first kappa shape index (κ1) is 10.1. The van der Waals surface area contributed by atoms with Crippen molar-refractivity contribution in [2.75, 3.05) is 0 Å². The van der Waals surface area contributed by atoms with Gasteiger partial charge in [0.25, 0.3) is 0 Å². The van der Waals surface area contributed by atoms with Crippen molar-refractivity contribution in [3.8, 4) is 11.5 Å². The van der Waals surface area contributed by atoms with Crippen LogP contribution in [-0.4, -0.2) is 0 Å². The molecule has 2 heteroatoms. The summed E-state index contributed by atoms with van der Waals surface area (Å²) in [5.41, 5.74) is 1.27. The molecule has 1 aromatic carbocycles. The zero-order valence-electron chi connectivity index (χ0n) is 9.41. The van der Waals surface area contributed by atoms with Crippen LogP contribution in [0.25, 0.3) is 0 Å². The summed E-state index contributed by atoms with van der Waals surface area (Å²) in [6.45, 7) is 6.39. The van der Waals surface area contributed by atoms with Gasteiger partial charge in [0, 0.05) is 6.42 Å². The molecule has 0 fully saturated rings. The van der Waals surface area contributed by atoms with E-state index in [1.165, 1.54) is 5.56 Å². The van der Waals surface area contributed by atoms with Gasteiger partial charge in [0.05, 0.1) is 0 Å². The van der Waals surface area contributed by atoms with Crippen molar-refractivity contribution >= 4 is 0 Å². The predicted octanol–water partition coefficient (Wildman–Crippen LogP) is 3.83. The van der Waals surface area contributed by atoms with E-state index in [-0.39, 0.29) is 0 Å². The molecule has 2 nitrogen and oxygen atoms in total. The van der Waals surface area contributed by atoms with Gasteiger partial charge in [-0.3, -0.25) is 0 Å². The van der Waals surface area contributed by atoms with Gasteiger partial charge in [0.15, 0.2) is 11.5 Å². The molecule has 1 aliphatic heterocycles. The van der Waals surface area contributed by atoms with Gasteiger partial charge in [-0.1, -0.05) is 26.8 Å². The van der Waals surface area contributed by atoms with Crippen LogP contribution in [-0.2, 0) is 0 Å². The number of rotatable bonds is 2. The third-order valence-corrected chi connectivity index (χ3v) is 2.54. The van der Waals surface area contributed by atoms with Crippen molar-refractivity contribution in [3.05, 3.63) is 35.8 Å². The average Bonchev–Trinajstić information content (AvgIpc) is 2.27. The standard InChI is InChI=1S/C13H16O2/c1-4-11-8-14-12-6-5-10(9(2)3)7-13(12)15-11/h5-9H,4H2,1-3H3. The summed E-state index contributed by atoms with van der Waals surface area (Å²) in [6, 6.07) is 6.11. The molecule has 0 N–H and O–H groups in total. The van der Waals surface area contributed by atoms with Crippen molar-refractivity contribution in [2.45, 2.75) is 33.1 Å². The van der Waals surface area contributed by atoms with Crippen LogP contribution in [0.5, 0.6) is 11.5 Å². The minimum absolute atomic E-state index is 0.509. The molecule has 0 radical (unpaired) electrons. The normalized spacial score (nSPS) is 14.0. The molecule has 0 amide bonds. The summed E-state index contributed by atoms with van der Waals surface area (Å²) >= 11 is 0. The Morgan fingerprint density at radius 2 is 2.00 bits per heavy atom. The fourth-order valence-electron chi connectivity index (χ4n) is 1.51. The smallest absolute Gasteiger partial charge is 0.169 e. The van der Waals surface area contributed by atoms with Crippen molar-refractivity contribution in [2.24, 2.45) is 0 Å². The Labute approximate surface area is 90.5 Å². The van der Waals surface area contributed by atoms with Crippen LogP contribution in [0.4, 0.5) is 0 Å². The Kier molecular flexibility index (Phi) is 2.67. The number of hydrogen-bond donors (Lipinski definition) is 0. The second-order valence-corrected chi connectivity index (χ2v) is 4.02. The van der Waals surface area contributed by atoms with Gasteiger partial charge >= 0.3 is 0 Å². The maximum absolute atomic E-state index is 5.71. The first-order valence-corrected chi connectivity index (χ1v) is 5.38.